The summed E-state index contributed by atoms with van der Waals surface area (Å²) in [6.45, 7) is 11.1. The molecular formula is C31H42N6O6. The third kappa shape index (κ3) is 12.1. The molecule has 0 spiro atoms. The summed E-state index contributed by atoms with van der Waals surface area (Å²) in [4.78, 5) is 51.3. The van der Waals surface area contributed by atoms with Crippen molar-refractivity contribution in [1.82, 2.24) is 26.4 Å². The molecule has 232 valence electrons. The predicted molar refractivity (Wildman–Crippen MR) is 159 cm³/mol. The zero-order valence-corrected chi connectivity index (χ0v) is 25.6. The maximum Gasteiger partial charge on any atom is 0.274 e. The number of hydrogen-bond donors (Lipinski definition) is 5. The van der Waals surface area contributed by atoms with E-state index in [2.05, 4.69) is 26.4 Å². The van der Waals surface area contributed by atoms with Crippen molar-refractivity contribution >= 4 is 23.6 Å². The fourth-order valence-corrected chi connectivity index (χ4v) is 3.99. The maximum atomic E-state index is 13.2. The van der Waals surface area contributed by atoms with E-state index in [0.29, 0.717) is 18.6 Å². The highest BCUT2D eigenvalue weighted by atomic mass is 16.5. The number of unbranched alkanes of at least 4 members (excludes halogenated alkanes) is 1. The van der Waals surface area contributed by atoms with E-state index in [4.69, 9.17) is 4.52 Å². The van der Waals surface area contributed by atoms with Crippen LogP contribution in [0.3, 0.4) is 0 Å². The molecule has 1 aromatic carbocycles. The highest BCUT2D eigenvalue weighted by Crippen LogP contribution is 2.17. The van der Waals surface area contributed by atoms with Crippen LogP contribution >= 0.6 is 0 Å². The molecule has 0 aliphatic rings. The molecule has 0 radical (unpaired) electrons. The Morgan fingerprint density at radius 1 is 1.05 bits per heavy atom. The van der Waals surface area contributed by atoms with Gasteiger partial charge in [0.15, 0.2) is 5.69 Å². The van der Waals surface area contributed by atoms with Gasteiger partial charge in [-0.15, -0.1) is 0 Å². The molecule has 12 heteroatoms. The number of nitrogens with one attached hydrogen (secondary N) is 4. The summed E-state index contributed by atoms with van der Waals surface area (Å²) in [5.41, 5.74) is 1.59. The van der Waals surface area contributed by atoms with Gasteiger partial charge >= 0.3 is 0 Å². The van der Waals surface area contributed by atoms with E-state index in [-0.39, 0.29) is 36.2 Å². The number of nitrogens with zero attached hydrogens (tertiary/aromatic N) is 2. The fourth-order valence-electron chi connectivity index (χ4n) is 3.99. The maximum absolute atomic E-state index is 13.2. The average Bonchev–Trinajstić information content (AvgIpc) is 3.38. The van der Waals surface area contributed by atoms with Crippen molar-refractivity contribution in [2.45, 2.75) is 85.5 Å². The number of amides is 4. The van der Waals surface area contributed by atoms with Gasteiger partial charge in [0, 0.05) is 19.2 Å². The van der Waals surface area contributed by atoms with Gasteiger partial charge in [0.2, 0.25) is 11.8 Å². The third-order valence-electron chi connectivity index (χ3n) is 6.28. The molecule has 43 heavy (non-hydrogen) atoms. The number of aryl methyl sites for hydroxylation is 2. The minimum atomic E-state index is -1.37. The highest BCUT2D eigenvalue weighted by Gasteiger charge is 2.30. The summed E-state index contributed by atoms with van der Waals surface area (Å²) in [5, 5.41) is 33.8. The monoisotopic (exact) mass is 594 g/mol. The molecule has 1 heterocycles. The minimum Gasteiger partial charge on any atom is -0.391 e. The van der Waals surface area contributed by atoms with Gasteiger partial charge in [0.25, 0.3) is 11.8 Å². The second-order valence-electron chi connectivity index (χ2n) is 11.6. The summed E-state index contributed by atoms with van der Waals surface area (Å²) in [5.74, 6) is -1.99. The second-order valence-corrected chi connectivity index (χ2v) is 11.6. The lowest BCUT2D eigenvalue weighted by molar-refractivity contribution is -0.131. The van der Waals surface area contributed by atoms with E-state index in [1.54, 1.807) is 13.0 Å². The quantitative estimate of drug-likeness (QED) is 0.125. The van der Waals surface area contributed by atoms with Crippen LogP contribution in [-0.2, 0) is 20.9 Å². The lowest BCUT2D eigenvalue weighted by Crippen LogP contribution is -2.57. The average molecular weight is 595 g/mol. The fraction of sp³-hybridized carbons (Fsp3) is 0.484. The van der Waals surface area contributed by atoms with Crippen LogP contribution < -0.4 is 21.3 Å². The number of aliphatic hydroxyl groups excluding tert-OH is 1. The number of nitriles is 1. The number of aromatic nitrogens is 1. The van der Waals surface area contributed by atoms with Crippen LogP contribution in [0, 0.1) is 30.6 Å². The Morgan fingerprint density at radius 2 is 1.72 bits per heavy atom. The number of benzene rings is 1. The van der Waals surface area contributed by atoms with Crippen molar-refractivity contribution < 1.29 is 28.8 Å². The van der Waals surface area contributed by atoms with Gasteiger partial charge in [-0.05, 0) is 51.0 Å². The van der Waals surface area contributed by atoms with Crippen molar-refractivity contribution in [1.29, 1.82) is 5.26 Å². The smallest absolute Gasteiger partial charge is 0.274 e. The first kappa shape index (κ1) is 34.7. The molecule has 2 rings (SSSR count). The second kappa shape index (κ2) is 16.2. The van der Waals surface area contributed by atoms with Gasteiger partial charge in [-0.3, -0.25) is 19.2 Å². The van der Waals surface area contributed by atoms with Crippen LogP contribution in [0.1, 0.15) is 74.3 Å². The van der Waals surface area contributed by atoms with Gasteiger partial charge in [-0.25, -0.2) is 0 Å². The van der Waals surface area contributed by atoms with E-state index in [9.17, 15) is 29.5 Å². The molecule has 4 amide bonds. The van der Waals surface area contributed by atoms with Gasteiger partial charge < -0.3 is 30.9 Å². The van der Waals surface area contributed by atoms with E-state index in [0.717, 1.165) is 11.1 Å². The van der Waals surface area contributed by atoms with E-state index in [1.165, 1.54) is 13.0 Å². The Labute approximate surface area is 252 Å². The third-order valence-corrected chi connectivity index (χ3v) is 6.28. The lowest BCUT2D eigenvalue weighted by Gasteiger charge is -2.24. The Kier molecular flexibility index (Phi) is 13.1. The summed E-state index contributed by atoms with van der Waals surface area (Å²) in [6, 6.07) is 8.59. The van der Waals surface area contributed by atoms with Crippen molar-refractivity contribution in [3.63, 3.8) is 0 Å². The molecule has 12 nitrogen and oxygen atoms in total. The summed E-state index contributed by atoms with van der Waals surface area (Å²) >= 11 is 0. The molecule has 1 unspecified atom stereocenters. The molecule has 0 fully saturated rings. The van der Waals surface area contributed by atoms with Crippen LogP contribution in [0.25, 0.3) is 0 Å². The van der Waals surface area contributed by atoms with Crippen LogP contribution in [0.5, 0.6) is 0 Å². The first-order chi connectivity index (χ1) is 20.2. The molecule has 0 aliphatic carbocycles. The molecule has 0 bridgehead atoms. The number of aliphatic hydroxyl groups is 1. The normalized spacial score (nSPS) is 13.7. The molecule has 0 aliphatic heterocycles. The van der Waals surface area contributed by atoms with Crippen molar-refractivity contribution in [2.24, 2.45) is 5.41 Å². The van der Waals surface area contributed by atoms with Crippen LogP contribution in [0.15, 0.2) is 46.5 Å². The molecule has 2 aromatic rings. The van der Waals surface area contributed by atoms with Crippen molar-refractivity contribution in [3.8, 4) is 6.07 Å². The first-order valence-electron chi connectivity index (χ1n) is 14.2. The number of rotatable bonds is 14. The zero-order valence-electron chi connectivity index (χ0n) is 25.6. The highest BCUT2D eigenvalue weighted by molar-refractivity contribution is 5.98. The molecule has 0 saturated carbocycles. The predicted octanol–water partition coefficient (Wildman–Crippen LogP) is 2.35. The van der Waals surface area contributed by atoms with Crippen LogP contribution in [0.2, 0.25) is 0 Å². The van der Waals surface area contributed by atoms with Gasteiger partial charge in [-0.1, -0.05) is 61.8 Å². The van der Waals surface area contributed by atoms with Gasteiger partial charge in [0.05, 0.1) is 6.10 Å². The number of carbonyl (C=O) groups is 4. The Balaban J connectivity index is 2.06. The molecular weight excluding hydrogens is 552 g/mol. The standard InChI is InChI=1S/C31H42N6O6/c1-19-10-12-22(13-11-19)18-34-28(40)24(9-7-8-14-33-27(39)23(17-32)16-31(4,5)6)35-30(42)26(21(3)38)36-29(41)25-15-20(2)43-37-25/h10-13,15-16,21,24,26,38H,7-9,14,18H2,1-6H3,(H,33,39)(H,34,40)(H,35,42)(H,36,41)/t21-,24?,26+/m1/s1. The van der Waals surface area contributed by atoms with Crippen LogP contribution in [0.4, 0.5) is 0 Å². The molecule has 5 N–H and O–H groups in total. The lowest BCUT2D eigenvalue weighted by atomic mass is 9.93. The summed E-state index contributed by atoms with van der Waals surface area (Å²) in [7, 11) is 0. The topological polar surface area (TPSA) is 186 Å². The first-order valence-corrected chi connectivity index (χ1v) is 14.2. The van der Waals surface area contributed by atoms with E-state index < -0.39 is 41.8 Å². The Bertz CT molecular complexity index is 1330. The largest absolute Gasteiger partial charge is 0.391 e. The number of carbonyl (C=O) groups excluding carboxylic acids is 4. The van der Waals surface area contributed by atoms with Crippen LogP contribution in [-0.4, -0.2) is 58.6 Å². The molecule has 3 atom stereocenters. The van der Waals surface area contributed by atoms with Crippen molar-refractivity contribution in [2.75, 3.05) is 6.54 Å². The number of allylic oxidation sites excluding steroid dienone is 1. The summed E-state index contributed by atoms with van der Waals surface area (Å²) in [6.07, 6.45) is 1.46. The van der Waals surface area contributed by atoms with Crippen molar-refractivity contribution in [3.05, 3.63) is 64.6 Å². The van der Waals surface area contributed by atoms with E-state index in [1.807, 2.05) is 58.0 Å². The van der Waals surface area contributed by atoms with Gasteiger partial charge in [0.1, 0.15) is 29.5 Å². The SMILES string of the molecule is Cc1ccc(CNC(=O)C(CCCCNC(=O)C(C#N)=CC(C)(C)C)NC(=O)[C@@H](NC(=O)c2cc(C)on2)[C@@H](C)O)cc1. The zero-order chi connectivity index (χ0) is 32.2. The number of hydrogen-bond acceptors (Lipinski definition) is 8. The summed E-state index contributed by atoms with van der Waals surface area (Å²) < 4.78 is 4.90. The Hall–Kier alpha value is -4.50. The van der Waals surface area contributed by atoms with Gasteiger partial charge in [-0.2, -0.15) is 5.26 Å². The minimum absolute atomic E-state index is 0.0279. The Morgan fingerprint density at radius 3 is 2.28 bits per heavy atom. The molecule has 1 aromatic heterocycles. The molecule has 0 saturated heterocycles. The van der Waals surface area contributed by atoms with E-state index >= 15 is 0 Å².